The zero-order chi connectivity index (χ0) is 21.0. The predicted molar refractivity (Wildman–Crippen MR) is 122 cm³/mol. The van der Waals surface area contributed by atoms with Gasteiger partial charge in [0.1, 0.15) is 0 Å². The Balaban J connectivity index is 1.65. The lowest BCUT2D eigenvalue weighted by atomic mass is 10.1. The smallest absolute Gasteiger partial charge is 0.260 e. The van der Waals surface area contributed by atoms with E-state index in [-0.39, 0.29) is 5.91 Å². The Morgan fingerprint density at radius 2 is 1.87 bits per heavy atom. The Morgan fingerprint density at radius 3 is 2.60 bits per heavy atom. The van der Waals surface area contributed by atoms with Gasteiger partial charge in [0.2, 0.25) is 0 Å². The highest BCUT2D eigenvalue weighted by atomic mass is 32.1. The molecule has 0 radical (unpaired) electrons. The molecule has 0 saturated heterocycles. The number of amides is 1. The second kappa shape index (κ2) is 7.00. The summed E-state index contributed by atoms with van der Waals surface area (Å²) in [6.07, 6.45) is 0. The zero-order valence-corrected chi connectivity index (χ0v) is 18.5. The summed E-state index contributed by atoms with van der Waals surface area (Å²) >= 11 is 3.19. The van der Waals surface area contributed by atoms with E-state index in [1.807, 2.05) is 37.3 Å². The highest BCUT2D eigenvalue weighted by Crippen LogP contribution is 2.34. The van der Waals surface area contributed by atoms with Gasteiger partial charge in [-0.2, -0.15) is 0 Å². The van der Waals surface area contributed by atoms with Crippen molar-refractivity contribution >= 4 is 55.0 Å². The zero-order valence-electron chi connectivity index (χ0n) is 16.9. The molecule has 8 heteroatoms. The van der Waals surface area contributed by atoms with E-state index >= 15 is 0 Å². The number of benzene rings is 1. The Kier molecular flexibility index (Phi) is 4.41. The number of thiazole rings is 1. The minimum atomic E-state index is -0.168. The van der Waals surface area contributed by atoms with Crippen LogP contribution in [-0.2, 0) is 0 Å². The molecule has 0 fully saturated rings. The summed E-state index contributed by atoms with van der Waals surface area (Å²) in [5, 5.41) is 5.33. The Labute approximate surface area is 180 Å². The quantitative estimate of drug-likeness (QED) is 0.361. The highest BCUT2D eigenvalue weighted by molar-refractivity contribution is 7.22. The molecule has 150 valence electrons. The third-order valence-corrected chi connectivity index (χ3v) is 7.12. The molecule has 0 aliphatic heterocycles. The maximum absolute atomic E-state index is 13.6. The molecule has 0 aliphatic rings. The first-order chi connectivity index (χ1) is 14.4. The van der Waals surface area contributed by atoms with Crippen LogP contribution in [0.25, 0.3) is 32.6 Å². The van der Waals surface area contributed by atoms with Crippen LogP contribution >= 0.6 is 22.7 Å². The average molecular weight is 435 g/mol. The van der Waals surface area contributed by atoms with Crippen LogP contribution in [0.5, 0.6) is 0 Å². The lowest BCUT2D eigenvalue weighted by Gasteiger charge is -2.15. The second-order valence-corrected chi connectivity index (χ2v) is 9.63. The number of hydrogen-bond donors (Lipinski definition) is 0. The molecular formula is C22H18N4O2S2. The lowest BCUT2D eigenvalue weighted by Crippen LogP contribution is -2.26. The highest BCUT2D eigenvalue weighted by Gasteiger charge is 2.24. The van der Waals surface area contributed by atoms with E-state index < -0.39 is 0 Å². The van der Waals surface area contributed by atoms with Gasteiger partial charge in [0.15, 0.2) is 5.13 Å². The van der Waals surface area contributed by atoms with E-state index in [1.54, 1.807) is 23.3 Å². The fourth-order valence-electron chi connectivity index (χ4n) is 3.56. The monoisotopic (exact) mass is 434 g/mol. The van der Waals surface area contributed by atoms with E-state index in [2.05, 4.69) is 35.0 Å². The fourth-order valence-corrected chi connectivity index (χ4v) is 5.42. The van der Waals surface area contributed by atoms with Crippen molar-refractivity contribution in [3.8, 4) is 11.3 Å². The number of carbonyl (C=O) groups excluding carboxylic acids is 1. The topological polar surface area (TPSA) is 72.1 Å². The van der Waals surface area contributed by atoms with Crippen molar-refractivity contribution in [1.82, 2.24) is 15.1 Å². The number of fused-ring (bicyclic) bond motifs is 2. The van der Waals surface area contributed by atoms with Gasteiger partial charge in [0.25, 0.3) is 11.6 Å². The number of aryl methyl sites for hydroxylation is 3. The molecule has 6 nitrogen and oxygen atoms in total. The standard InChI is InChI=1S/C22H18N4O2S2/c1-11-9-14(13(3)29-11)17-10-15(19-12(2)25-28-20(19)23-17)21(27)26(4)22-24-16-7-5-6-8-18(16)30-22/h5-10H,1-4H3. The van der Waals surface area contributed by atoms with E-state index in [9.17, 15) is 4.79 Å². The molecule has 1 amide bonds. The number of pyridine rings is 1. The average Bonchev–Trinajstić information content (AvgIpc) is 3.42. The van der Waals surface area contributed by atoms with E-state index in [0.717, 1.165) is 20.7 Å². The maximum Gasteiger partial charge on any atom is 0.260 e. The van der Waals surface area contributed by atoms with Gasteiger partial charge in [-0.25, -0.2) is 9.97 Å². The van der Waals surface area contributed by atoms with Gasteiger partial charge in [0.05, 0.1) is 32.6 Å². The van der Waals surface area contributed by atoms with Crippen LogP contribution in [0.1, 0.15) is 25.8 Å². The normalized spacial score (nSPS) is 11.5. The number of hydrogen-bond acceptors (Lipinski definition) is 7. The van der Waals surface area contributed by atoms with Crippen molar-refractivity contribution in [2.24, 2.45) is 0 Å². The number of anilines is 1. The van der Waals surface area contributed by atoms with Gasteiger partial charge in [-0.1, -0.05) is 28.6 Å². The third kappa shape index (κ3) is 3.00. The predicted octanol–water partition coefficient (Wildman–Crippen LogP) is 5.76. The molecule has 30 heavy (non-hydrogen) atoms. The summed E-state index contributed by atoms with van der Waals surface area (Å²) in [5.41, 5.74) is 4.12. The second-order valence-electron chi connectivity index (χ2n) is 7.16. The van der Waals surface area contributed by atoms with Crippen LogP contribution in [0.15, 0.2) is 40.9 Å². The van der Waals surface area contributed by atoms with Gasteiger partial charge in [0, 0.05) is 22.4 Å². The SMILES string of the molecule is Cc1cc(-c2cc(C(=O)N(C)c3nc4ccccc4s3)c3c(C)noc3n2)c(C)s1. The number of rotatable bonds is 3. The number of thiophene rings is 1. The van der Waals surface area contributed by atoms with Crippen LogP contribution in [0, 0.1) is 20.8 Å². The van der Waals surface area contributed by atoms with Crippen molar-refractivity contribution in [3.05, 3.63) is 57.4 Å². The molecule has 0 spiro atoms. The molecule has 5 aromatic rings. The lowest BCUT2D eigenvalue weighted by molar-refractivity contribution is 0.0994. The van der Waals surface area contributed by atoms with E-state index in [4.69, 9.17) is 4.52 Å². The van der Waals surface area contributed by atoms with Crippen LogP contribution in [0.3, 0.4) is 0 Å². The van der Waals surface area contributed by atoms with Crippen LogP contribution in [-0.4, -0.2) is 28.1 Å². The summed E-state index contributed by atoms with van der Waals surface area (Å²) in [6, 6.07) is 11.8. The molecule has 4 aromatic heterocycles. The first-order valence-corrected chi connectivity index (χ1v) is 11.0. The molecule has 5 rings (SSSR count). The van der Waals surface area contributed by atoms with Crippen molar-refractivity contribution in [3.63, 3.8) is 0 Å². The summed E-state index contributed by atoms with van der Waals surface area (Å²) < 4.78 is 6.48. The van der Waals surface area contributed by atoms with E-state index in [0.29, 0.717) is 33.2 Å². The van der Waals surface area contributed by atoms with Crippen molar-refractivity contribution < 1.29 is 9.32 Å². The molecule has 1 aromatic carbocycles. The van der Waals surface area contributed by atoms with Gasteiger partial charge >= 0.3 is 0 Å². The van der Waals surface area contributed by atoms with Crippen LogP contribution in [0.2, 0.25) is 0 Å². The van der Waals surface area contributed by atoms with Crippen molar-refractivity contribution in [2.45, 2.75) is 20.8 Å². The summed E-state index contributed by atoms with van der Waals surface area (Å²) in [7, 11) is 1.74. The van der Waals surface area contributed by atoms with Crippen LogP contribution < -0.4 is 4.90 Å². The number of aromatic nitrogens is 3. The summed E-state index contributed by atoms with van der Waals surface area (Å²) in [6.45, 7) is 5.94. The van der Waals surface area contributed by atoms with Gasteiger partial charge in [-0.15, -0.1) is 11.3 Å². The molecule has 0 saturated carbocycles. The minimum absolute atomic E-state index is 0.168. The van der Waals surface area contributed by atoms with Gasteiger partial charge in [-0.05, 0) is 45.0 Å². The Bertz CT molecular complexity index is 1400. The van der Waals surface area contributed by atoms with Gasteiger partial charge in [-0.3, -0.25) is 9.69 Å². The van der Waals surface area contributed by atoms with E-state index in [1.165, 1.54) is 16.2 Å². The fraction of sp³-hybridized carbons (Fsp3) is 0.182. The first-order valence-electron chi connectivity index (χ1n) is 9.40. The summed E-state index contributed by atoms with van der Waals surface area (Å²) in [4.78, 5) is 26.7. The molecule has 4 heterocycles. The third-order valence-electron chi connectivity index (χ3n) is 5.04. The number of para-hydroxylation sites is 1. The number of nitrogens with zero attached hydrogens (tertiary/aromatic N) is 4. The molecule has 0 N–H and O–H groups in total. The molecule has 0 aliphatic carbocycles. The molecular weight excluding hydrogens is 416 g/mol. The molecule has 0 bridgehead atoms. The molecule has 0 atom stereocenters. The van der Waals surface area contributed by atoms with Crippen LogP contribution in [0.4, 0.5) is 5.13 Å². The minimum Gasteiger partial charge on any atom is -0.335 e. The largest absolute Gasteiger partial charge is 0.335 e. The number of carbonyl (C=O) groups is 1. The summed E-state index contributed by atoms with van der Waals surface area (Å²) in [5.74, 6) is -0.168. The molecule has 0 unspecified atom stereocenters. The Hall–Kier alpha value is -3.10. The maximum atomic E-state index is 13.6. The van der Waals surface area contributed by atoms with Crippen molar-refractivity contribution in [1.29, 1.82) is 0 Å². The Morgan fingerprint density at radius 1 is 1.07 bits per heavy atom. The van der Waals surface area contributed by atoms with Gasteiger partial charge < -0.3 is 4.52 Å². The first kappa shape index (κ1) is 18.9. The van der Waals surface area contributed by atoms with Crippen molar-refractivity contribution in [2.75, 3.05) is 11.9 Å².